The third-order valence-corrected chi connectivity index (χ3v) is 7.39. The number of nitrogens with two attached hydrogens (primary N) is 1. The molecule has 5 nitrogen and oxygen atoms in total. The summed E-state index contributed by atoms with van der Waals surface area (Å²) in [6.45, 7) is 0.756. The van der Waals surface area contributed by atoms with Gasteiger partial charge in [0.25, 0.3) is 5.91 Å². The van der Waals surface area contributed by atoms with Crippen molar-refractivity contribution < 1.29 is 35.9 Å². The molecule has 1 aromatic rings. The number of hydrogen-bond donors (Lipinski definition) is 3. The summed E-state index contributed by atoms with van der Waals surface area (Å²) in [6, 6.07) is 0.209. The fourth-order valence-electron chi connectivity index (χ4n) is 5.14. The Kier molecular flexibility index (Phi) is 9.29. The number of alkyl halides is 6. The third-order valence-electron chi connectivity index (χ3n) is 7.39. The third kappa shape index (κ3) is 7.85. The SMILES string of the molecule is NC(C(=O)NCC1CCCCC1)C1CCC(CNC(=O)c2cc(C(F)(F)F)cc(C(F)(F)F)c2)CC1. The summed E-state index contributed by atoms with van der Waals surface area (Å²) in [5.74, 6) is -0.676. The van der Waals surface area contributed by atoms with E-state index in [4.69, 9.17) is 5.73 Å². The van der Waals surface area contributed by atoms with E-state index < -0.39 is 41.0 Å². The van der Waals surface area contributed by atoms with Crippen LogP contribution in [0.4, 0.5) is 26.3 Å². The van der Waals surface area contributed by atoms with Gasteiger partial charge in [0.2, 0.25) is 5.91 Å². The molecule has 202 valence electrons. The molecule has 0 heterocycles. The molecular formula is C25H33F6N3O2. The minimum absolute atomic E-state index is 0.00409. The second-order valence-electron chi connectivity index (χ2n) is 10.1. The molecule has 2 amide bonds. The zero-order chi connectivity index (χ0) is 26.5. The summed E-state index contributed by atoms with van der Waals surface area (Å²) in [7, 11) is 0. The van der Waals surface area contributed by atoms with Gasteiger partial charge in [0.15, 0.2) is 0 Å². The molecular weight excluding hydrogens is 488 g/mol. The smallest absolute Gasteiger partial charge is 0.354 e. The molecule has 2 aliphatic rings. The molecule has 0 radical (unpaired) electrons. The lowest BCUT2D eigenvalue weighted by Crippen LogP contribution is -2.48. The van der Waals surface area contributed by atoms with Gasteiger partial charge in [-0.05, 0) is 74.5 Å². The van der Waals surface area contributed by atoms with E-state index >= 15 is 0 Å². The van der Waals surface area contributed by atoms with Gasteiger partial charge in [0, 0.05) is 18.7 Å². The Labute approximate surface area is 206 Å². The first-order valence-electron chi connectivity index (χ1n) is 12.5. The Morgan fingerprint density at radius 2 is 1.28 bits per heavy atom. The van der Waals surface area contributed by atoms with E-state index in [2.05, 4.69) is 10.6 Å². The van der Waals surface area contributed by atoms with E-state index in [-0.39, 0.29) is 30.4 Å². The van der Waals surface area contributed by atoms with Crippen LogP contribution in [-0.4, -0.2) is 30.9 Å². The molecule has 2 saturated carbocycles. The van der Waals surface area contributed by atoms with Gasteiger partial charge in [-0.3, -0.25) is 9.59 Å². The molecule has 2 fully saturated rings. The number of halogens is 6. The quantitative estimate of drug-likeness (QED) is 0.427. The number of amides is 2. The molecule has 0 spiro atoms. The molecule has 3 rings (SSSR count). The van der Waals surface area contributed by atoms with Gasteiger partial charge < -0.3 is 16.4 Å². The molecule has 36 heavy (non-hydrogen) atoms. The summed E-state index contributed by atoms with van der Waals surface area (Å²) in [6.07, 6.45) is -1.60. The Hall–Kier alpha value is -2.30. The van der Waals surface area contributed by atoms with Crippen LogP contribution in [0.25, 0.3) is 0 Å². The van der Waals surface area contributed by atoms with E-state index in [9.17, 15) is 35.9 Å². The Bertz CT molecular complexity index is 872. The highest BCUT2D eigenvalue weighted by Crippen LogP contribution is 2.36. The molecule has 1 atom stereocenters. The average Bonchev–Trinajstić information content (AvgIpc) is 2.85. The molecule has 4 N–H and O–H groups in total. The lowest BCUT2D eigenvalue weighted by molar-refractivity contribution is -0.143. The predicted molar refractivity (Wildman–Crippen MR) is 122 cm³/mol. The minimum atomic E-state index is -5.02. The number of hydrogen-bond acceptors (Lipinski definition) is 3. The first-order chi connectivity index (χ1) is 16.8. The maximum Gasteiger partial charge on any atom is 0.416 e. The number of nitrogens with one attached hydrogen (secondary N) is 2. The molecule has 0 aliphatic heterocycles. The van der Waals surface area contributed by atoms with Crippen molar-refractivity contribution in [1.82, 2.24) is 10.6 Å². The average molecular weight is 522 g/mol. The molecule has 0 bridgehead atoms. The first-order valence-corrected chi connectivity index (χ1v) is 12.5. The minimum Gasteiger partial charge on any atom is -0.354 e. The largest absolute Gasteiger partial charge is 0.416 e. The van der Waals surface area contributed by atoms with Crippen molar-refractivity contribution in [3.8, 4) is 0 Å². The molecule has 0 saturated heterocycles. The van der Waals surface area contributed by atoms with Crippen LogP contribution in [0, 0.1) is 17.8 Å². The topological polar surface area (TPSA) is 84.2 Å². The standard InChI is InChI=1S/C25H33F6N3O2/c26-24(27,28)19-10-18(11-20(12-19)25(29,30)31)22(35)33-14-16-6-8-17(9-7-16)21(32)23(36)34-13-15-4-2-1-3-5-15/h10-12,15-17,21H,1-9,13-14,32H2,(H,33,35)(H,34,36). The fraction of sp³-hybridized carbons (Fsp3) is 0.680. The lowest BCUT2D eigenvalue weighted by atomic mass is 9.78. The zero-order valence-corrected chi connectivity index (χ0v) is 20.0. The lowest BCUT2D eigenvalue weighted by Gasteiger charge is -2.32. The number of carbonyl (C=O) groups is 2. The maximum atomic E-state index is 13.0. The predicted octanol–water partition coefficient (Wildman–Crippen LogP) is 5.28. The summed E-state index contributed by atoms with van der Waals surface area (Å²) in [4.78, 5) is 24.9. The van der Waals surface area contributed by atoms with Gasteiger partial charge in [-0.1, -0.05) is 19.3 Å². The molecule has 2 aliphatic carbocycles. The van der Waals surface area contributed by atoms with Gasteiger partial charge in [0.1, 0.15) is 0 Å². The second kappa shape index (κ2) is 11.8. The first kappa shape index (κ1) is 28.3. The monoisotopic (exact) mass is 521 g/mol. The van der Waals surface area contributed by atoms with E-state index in [1.165, 1.54) is 19.3 Å². The molecule has 11 heteroatoms. The Balaban J connectivity index is 1.48. The van der Waals surface area contributed by atoms with Crippen molar-refractivity contribution in [3.63, 3.8) is 0 Å². The number of benzene rings is 1. The molecule has 0 aromatic heterocycles. The van der Waals surface area contributed by atoms with Gasteiger partial charge in [-0.25, -0.2) is 0 Å². The van der Waals surface area contributed by atoms with Gasteiger partial charge >= 0.3 is 12.4 Å². The maximum absolute atomic E-state index is 13.0. The van der Waals surface area contributed by atoms with E-state index in [0.717, 1.165) is 12.8 Å². The van der Waals surface area contributed by atoms with Crippen LogP contribution in [0.1, 0.15) is 79.3 Å². The van der Waals surface area contributed by atoms with E-state index in [1.54, 1.807) is 0 Å². The van der Waals surface area contributed by atoms with Gasteiger partial charge in [0.05, 0.1) is 17.2 Å². The van der Waals surface area contributed by atoms with Gasteiger partial charge in [-0.15, -0.1) is 0 Å². The summed E-state index contributed by atoms with van der Waals surface area (Å²) >= 11 is 0. The van der Waals surface area contributed by atoms with Crippen LogP contribution in [0.3, 0.4) is 0 Å². The highest BCUT2D eigenvalue weighted by molar-refractivity contribution is 5.94. The van der Waals surface area contributed by atoms with E-state index in [0.29, 0.717) is 50.3 Å². The number of rotatable bonds is 7. The number of carbonyl (C=O) groups excluding carboxylic acids is 2. The van der Waals surface area contributed by atoms with Crippen LogP contribution in [-0.2, 0) is 17.1 Å². The molecule has 1 unspecified atom stereocenters. The van der Waals surface area contributed by atoms with Crippen molar-refractivity contribution in [2.45, 2.75) is 76.2 Å². The summed E-state index contributed by atoms with van der Waals surface area (Å²) < 4.78 is 78.2. The highest BCUT2D eigenvalue weighted by atomic mass is 19.4. The van der Waals surface area contributed by atoms with Crippen molar-refractivity contribution in [1.29, 1.82) is 0 Å². The second-order valence-corrected chi connectivity index (χ2v) is 10.1. The Morgan fingerprint density at radius 1 is 0.778 bits per heavy atom. The van der Waals surface area contributed by atoms with Crippen LogP contribution in [0.2, 0.25) is 0 Å². The highest BCUT2D eigenvalue weighted by Gasteiger charge is 2.37. The van der Waals surface area contributed by atoms with E-state index in [1.807, 2.05) is 0 Å². The van der Waals surface area contributed by atoms with Gasteiger partial charge in [-0.2, -0.15) is 26.3 Å². The van der Waals surface area contributed by atoms with Crippen molar-refractivity contribution in [2.75, 3.05) is 13.1 Å². The van der Waals surface area contributed by atoms with Crippen LogP contribution in [0.5, 0.6) is 0 Å². The fourth-order valence-corrected chi connectivity index (χ4v) is 5.14. The van der Waals surface area contributed by atoms with Crippen molar-refractivity contribution >= 4 is 11.8 Å². The normalized spacial score (nSPS) is 22.6. The van der Waals surface area contributed by atoms with Crippen LogP contribution in [0.15, 0.2) is 18.2 Å². The summed E-state index contributed by atoms with van der Waals surface area (Å²) in [5.41, 5.74) is 2.43. The van der Waals surface area contributed by atoms with Crippen molar-refractivity contribution in [2.24, 2.45) is 23.5 Å². The summed E-state index contributed by atoms with van der Waals surface area (Å²) in [5, 5.41) is 5.43. The molecule has 1 aromatic carbocycles. The van der Waals surface area contributed by atoms with Crippen molar-refractivity contribution in [3.05, 3.63) is 34.9 Å². The zero-order valence-electron chi connectivity index (χ0n) is 20.0. The Morgan fingerprint density at radius 3 is 1.81 bits per heavy atom. The van der Waals surface area contributed by atoms with Crippen LogP contribution >= 0.6 is 0 Å². The van der Waals surface area contributed by atoms with Crippen LogP contribution < -0.4 is 16.4 Å².